The van der Waals surface area contributed by atoms with E-state index in [2.05, 4.69) is 29.1 Å². The zero-order valence-corrected chi connectivity index (χ0v) is 8.84. The van der Waals surface area contributed by atoms with Crippen molar-refractivity contribution in [1.82, 2.24) is 15.3 Å². The lowest BCUT2D eigenvalue weighted by Gasteiger charge is -2.06. The molecule has 0 aliphatic carbocycles. The molecular formula is C9H15N3S. The lowest BCUT2D eigenvalue weighted by atomic mass is 10.4. The Hall–Kier alpha value is -0.610. The third kappa shape index (κ3) is 4.85. The molecule has 0 atom stereocenters. The molecule has 1 N–H and O–H groups in total. The van der Waals surface area contributed by atoms with Crippen LogP contribution in [0.5, 0.6) is 0 Å². The van der Waals surface area contributed by atoms with E-state index in [1.165, 1.54) is 0 Å². The second-order valence-corrected chi connectivity index (χ2v) is 4.12. The largest absolute Gasteiger partial charge is 0.314 e. The van der Waals surface area contributed by atoms with Crippen LogP contribution in [-0.4, -0.2) is 28.3 Å². The summed E-state index contributed by atoms with van der Waals surface area (Å²) < 4.78 is 0. The van der Waals surface area contributed by atoms with Crippen molar-refractivity contribution in [2.75, 3.05) is 12.3 Å². The lowest BCUT2D eigenvalue weighted by molar-refractivity contribution is 0.616. The summed E-state index contributed by atoms with van der Waals surface area (Å²) in [5.41, 5.74) is 0. The fraction of sp³-hybridized carbons (Fsp3) is 0.556. The summed E-state index contributed by atoms with van der Waals surface area (Å²) in [5.74, 6) is 1.04. The molecule has 0 saturated carbocycles. The van der Waals surface area contributed by atoms with Crippen molar-refractivity contribution in [3.63, 3.8) is 0 Å². The van der Waals surface area contributed by atoms with E-state index >= 15 is 0 Å². The number of nitrogens with zero attached hydrogens (tertiary/aromatic N) is 2. The predicted octanol–water partition coefficient (Wildman–Crippen LogP) is 1.57. The highest BCUT2D eigenvalue weighted by atomic mass is 32.2. The van der Waals surface area contributed by atoms with Crippen LogP contribution in [0, 0.1) is 0 Å². The van der Waals surface area contributed by atoms with Gasteiger partial charge in [0, 0.05) is 30.7 Å². The molecule has 1 aromatic rings. The highest BCUT2D eigenvalue weighted by Gasteiger charge is 1.95. The van der Waals surface area contributed by atoms with Gasteiger partial charge in [0.1, 0.15) is 5.03 Å². The molecule has 0 aromatic carbocycles. The maximum absolute atomic E-state index is 4.17. The molecule has 0 amide bonds. The van der Waals surface area contributed by atoms with Gasteiger partial charge in [0.25, 0.3) is 0 Å². The van der Waals surface area contributed by atoms with Gasteiger partial charge in [-0.1, -0.05) is 13.8 Å². The fourth-order valence-electron chi connectivity index (χ4n) is 0.863. The van der Waals surface area contributed by atoms with Crippen LogP contribution >= 0.6 is 11.8 Å². The molecule has 0 spiro atoms. The first-order valence-electron chi connectivity index (χ1n) is 4.41. The monoisotopic (exact) mass is 197 g/mol. The van der Waals surface area contributed by atoms with Gasteiger partial charge >= 0.3 is 0 Å². The minimum atomic E-state index is 0.558. The zero-order valence-electron chi connectivity index (χ0n) is 8.03. The molecule has 4 heteroatoms. The molecule has 0 aliphatic rings. The first-order chi connectivity index (χ1) is 6.29. The van der Waals surface area contributed by atoms with E-state index in [0.717, 1.165) is 17.3 Å². The van der Waals surface area contributed by atoms with Gasteiger partial charge in [-0.2, -0.15) is 0 Å². The Labute approximate surface area is 83.4 Å². The van der Waals surface area contributed by atoms with Crippen LogP contribution in [0.15, 0.2) is 23.6 Å². The van der Waals surface area contributed by atoms with Gasteiger partial charge in [0.15, 0.2) is 0 Å². The van der Waals surface area contributed by atoms with Crippen LogP contribution in [0.4, 0.5) is 0 Å². The normalized spacial score (nSPS) is 10.7. The number of rotatable bonds is 5. The Morgan fingerprint density at radius 3 is 2.92 bits per heavy atom. The van der Waals surface area contributed by atoms with Gasteiger partial charge in [-0.25, -0.2) is 4.98 Å². The highest BCUT2D eigenvalue weighted by Crippen LogP contribution is 2.11. The van der Waals surface area contributed by atoms with Crippen LogP contribution in [0.1, 0.15) is 13.8 Å². The molecule has 0 fully saturated rings. The van der Waals surface area contributed by atoms with Gasteiger partial charge in [0.05, 0.1) is 6.20 Å². The molecule has 0 saturated heterocycles. The topological polar surface area (TPSA) is 37.8 Å². The molecule has 1 aromatic heterocycles. The molecule has 3 nitrogen and oxygen atoms in total. The molecule has 13 heavy (non-hydrogen) atoms. The number of thioether (sulfide) groups is 1. The summed E-state index contributed by atoms with van der Waals surface area (Å²) >= 11 is 1.73. The maximum Gasteiger partial charge on any atom is 0.114 e. The SMILES string of the molecule is CC(C)NCCSc1cnccn1. The van der Waals surface area contributed by atoms with E-state index in [9.17, 15) is 0 Å². The van der Waals surface area contributed by atoms with Crippen LogP contribution in [0.2, 0.25) is 0 Å². The summed E-state index contributed by atoms with van der Waals surface area (Å²) in [6, 6.07) is 0.558. The molecule has 0 radical (unpaired) electrons. The number of aromatic nitrogens is 2. The highest BCUT2D eigenvalue weighted by molar-refractivity contribution is 7.99. The van der Waals surface area contributed by atoms with E-state index in [0.29, 0.717) is 6.04 Å². The average Bonchev–Trinajstić information content (AvgIpc) is 2.14. The van der Waals surface area contributed by atoms with Crippen LogP contribution < -0.4 is 5.32 Å². The summed E-state index contributed by atoms with van der Waals surface area (Å²) in [4.78, 5) is 8.16. The van der Waals surface area contributed by atoms with E-state index in [1.807, 2.05) is 0 Å². The van der Waals surface area contributed by atoms with Gasteiger partial charge in [0.2, 0.25) is 0 Å². The molecule has 1 heterocycles. The summed E-state index contributed by atoms with van der Waals surface area (Å²) in [7, 11) is 0. The van der Waals surface area contributed by atoms with E-state index in [-0.39, 0.29) is 0 Å². The molecule has 1 rings (SSSR count). The van der Waals surface area contributed by atoms with Crippen molar-refractivity contribution in [3.8, 4) is 0 Å². The average molecular weight is 197 g/mol. The summed E-state index contributed by atoms with van der Waals surface area (Å²) in [5, 5.41) is 4.34. The molecule has 0 aliphatic heterocycles. The molecule has 0 bridgehead atoms. The Bertz CT molecular complexity index is 226. The molecule has 0 unspecified atom stereocenters. The van der Waals surface area contributed by atoms with Gasteiger partial charge in [-0.3, -0.25) is 4.98 Å². The number of hydrogen-bond acceptors (Lipinski definition) is 4. The predicted molar refractivity (Wildman–Crippen MR) is 55.9 cm³/mol. The smallest absolute Gasteiger partial charge is 0.114 e. The number of nitrogens with one attached hydrogen (secondary N) is 1. The first-order valence-corrected chi connectivity index (χ1v) is 5.40. The summed E-state index contributed by atoms with van der Waals surface area (Å²) in [6.07, 6.45) is 5.20. The maximum atomic E-state index is 4.17. The fourth-order valence-corrected chi connectivity index (χ4v) is 1.56. The third-order valence-corrected chi connectivity index (χ3v) is 2.36. The van der Waals surface area contributed by atoms with Crippen LogP contribution in [-0.2, 0) is 0 Å². The quantitative estimate of drug-likeness (QED) is 0.574. The Morgan fingerprint density at radius 1 is 1.46 bits per heavy atom. The van der Waals surface area contributed by atoms with E-state index < -0.39 is 0 Å². The van der Waals surface area contributed by atoms with Crippen molar-refractivity contribution in [2.24, 2.45) is 0 Å². The van der Waals surface area contributed by atoms with Gasteiger partial charge in [-0.05, 0) is 0 Å². The molecular weight excluding hydrogens is 182 g/mol. The summed E-state index contributed by atoms with van der Waals surface area (Å²) in [6.45, 7) is 5.30. The van der Waals surface area contributed by atoms with Crippen molar-refractivity contribution >= 4 is 11.8 Å². The molecule has 72 valence electrons. The van der Waals surface area contributed by atoms with Gasteiger partial charge in [-0.15, -0.1) is 11.8 Å². The zero-order chi connectivity index (χ0) is 9.52. The Balaban J connectivity index is 2.13. The van der Waals surface area contributed by atoms with Crippen molar-refractivity contribution in [3.05, 3.63) is 18.6 Å². The standard InChI is InChI=1S/C9H15N3S/c1-8(2)11-5-6-13-9-7-10-3-4-12-9/h3-4,7-8,11H,5-6H2,1-2H3. The first kappa shape index (κ1) is 10.5. The van der Waals surface area contributed by atoms with Crippen molar-refractivity contribution in [2.45, 2.75) is 24.9 Å². The van der Waals surface area contributed by atoms with Crippen LogP contribution in [0.25, 0.3) is 0 Å². The van der Waals surface area contributed by atoms with Crippen molar-refractivity contribution < 1.29 is 0 Å². The van der Waals surface area contributed by atoms with E-state index in [4.69, 9.17) is 0 Å². The lowest BCUT2D eigenvalue weighted by Crippen LogP contribution is -2.24. The second kappa shape index (κ2) is 5.94. The van der Waals surface area contributed by atoms with Crippen LogP contribution in [0.3, 0.4) is 0 Å². The van der Waals surface area contributed by atoms with Gasteiger partial charge < -0.3 is 5.32 Å². The minimum absolute atomic E-state index is 0.558. The Morgan fingerprint density at radius 2 is 2.31 bits per heavy atom. The second-order valence-electron chi connectivity index (χ2n) is 3.00. The van der Waals surface area contributed by atoms with E-state index in [1.54, 1.807) is 30.4 Å². The third-order valence-electron chi connectivity index (χ3n) is 1.44. The minimum Gasteiger partial charge on any atom is -0.314 e. The van der Waals surface area contributed by atoms with Crippen molar-refractivity contribution in [1.29, 1.82) is 0 Å². The Kier molecular flexibility index (Phi) is 4.78. The number of hydrogen-bond donors (Lipinski definition) is 1.